The maximum atomic E-state index is 3.63. The van der Waals surface area contributed by atoms with E-state index >= 15 is 0 Å². The molecule has 2 atom stereocenters. The van der Waals surface area contributed by atoms with Gasteiger partial charge in [-0.1, -0.05) is 45.4 Å². The van der Waals surface area contributed by atoms with Crippen LogP contribution in [0.3, 0.4) is 0 Å². The average molecular weight is 233 g/mol. The highest BCUT2D eigenvalue weighted by molar-refractivity contribution is 5.35. The van der Waals surface area contributed by atoms with Crippen molar-refractivity contribution in [3.05, 3.63) is 34.9 Å². The zero-order chi connectivity index (χ0) is 12.8. The molecule has 0 saturated carbocycles. The monoisotopic (exact) mass is 233 g/mol. The number of nitrogens with one attached hydrogen (secondary N) is 1. The average Bonchev–Trinajstić information content (AvgIpc) is 2.32. The Balaban J connectivity index is 2.92. The second kappa shape index (κ2) is 6.80. The lowest BCUT2D eigenvalue weighted by atomic mass is 9.90. The highest BCUT2D eigenvalue weighted by atomic mass is 14.9. The van der Waals surface area contributed by atoms with Gasteiger partial charge in [-0.15, -0.1) is 0 Å². The van der Waals surface area contributed by atoms with Crippen LogP contribution < -0.4 is 5.32 Å². The SMILES string of the molecule is CCNC(CC(C)CC)c1cccc(C)c1C. The molecule has 0 aromatic heterocycles. The van der Waals surface area contributed by atoms with Gasteiger partial charge in [-0.05, 0) is 49.4 Å². The minimum absolute atomic E-state index is 0.509. The van der Waals surface area contributed by atoms with Crippen LogP contribution in [0.25, 0.3) is 0 Å². The third-order valence-corrected chi connectivity index (χ3v) is 3.81. The van der Waals surface area contributed by atoms with Gasteiger partial charge in [0.15, 0.2) is 0 Å². The molecule has 0 fully saturated rings. The van der Waals surface area contributed by atoms with E-state index in [-0.39, 0.29) is 0 Å². The third kappa shape index (κ3) is 3.85. The van der Waals surface area contributed by atoms with Crippen LogP contribution in [-0.4, -0.2) is 6.54 Å². The lowest BCUT2D eigenvalue weighted by Crippen LogP contribution is -2.23. The summed E-state index contributed by atoms with van der Waals surface area (Å²) in [5.74, 6) is 0.777. The molecular weight excluding hydrogens is 206 g/mol. The van der Waals surface area contributed by atoms with Gasteiger partial charge in [0.25, 0.3) is 0 Å². The molecule has 0 spiro atoms. The van der Waals surface area contributed by atoms with Gasteiger partial charge >= 0.3 is 0 Å². The summed E-state index contributed by atoms with van der Waals surface area (Å²) in [7, 11) is 0. The van der Waals surface area contributed by atoms with E-state index in [4.69, 9.17) is 0 Å². The predicted octanol–water partition coefficient (Wildman–Crippen LogP) is 4.39. The van der Waals surface area contributed by atoms with E-state index in [0.717, 1.165) is 12.5 Å². The Morgan fingerprint density at radius 1 is 1.18 bits per heavy atom. The molecule has 0 saturated heterocycles. The Labute approximate surface area is 107 Å². The highest BCUT2D eigenvalue weighted by Gasteiger charge is 2.15. The van der Waals surface area contributed by atoms with Crippen LogP contribution in [0.1, 0.15) is 56.3 Å². The number of benzene rings is 1. The maximum absolute atomic E-state index is 3.63. The van der Waals surface area contributed by atoms with E-state index in [1.807, 2.05) is 0 Å². The minimum atomic E-state index is 0.509. The summed E-state index contributed by atoms with van der Waals surface area (Å²) >= 11 is 0. The van der Waals surface area contributed by atoms with Crippen molar-refractivity contribution >= 4 is 0 Å². The fourth-order valence-corrected chi connectivity index (χ4v) is 2.29. The van der Waals surface area contributed by atoms with Crippen LogP contribution in [0.4, 0.5) is 0 Å². The fraction of sp³-hybridized carbons (Fsp3) is 0.625. The number of hydrogen-bond acceptors (Lipinski definition) is 1. The van der Waals surface area contributed by atoms with Crippen LogP contribution in [0.2, 0.25) is 0 Å². The van der Waals surface area contributed by atoms with Gasteiger partial charge in [0.2, 0.25) is 0 Å². The van der Waals surface area contributed by atoms with Crippen molar-refractivity contribution in [2.45, 2.75) is 53.5 Å². The first-order chi connectivity index (χ1) is 8.10. The van der Waals surface area contributed by atoms with Crippen molar-refractivity contribution < 1.29 is 0 Å². The summed E-state index contributed by atoms with van der Waals surface area (Å²) in [6.07, 6.45) is 2.49. The van der Waals surface area contributed by atoms with Crippen molar-refractivity contribution in [2.24, 2.45) is 5.92 Å². The van der Waals surface area contributed by atoms with Crippen molar-refractivity contribution in [3.8, 4) is 0 Å². The standard InChI is InChI=1S/C16H27N/c1-6-12(3)11-16(17-7-2)15-10-8-9-13(4)14(15)5/h8-10,12,16-17H,6-7,11H2,1-5H3. The minimum Gasteiger partial charge on any atom is -0.310 e. The largest absolute Gasteiger partial charge is 0.310 e. The van der Waals surface area contributed by atoms with Crippen LogP contribution in [0, 0.1) is 19.8 Å². The molecule has 0 amide bonds. The first-order valence-electron chi connectivity index (χ1n) is 6.89. The third-order valence-electron chi connectivity index (χ3n) is 3.81. The molecule has 0 aliphatic rings. The van der Waals surface area contributed by atoms with E-state index in [9.17, 15) is 0 Å². The van der Waals surface area contributed by atoms with Gasteiger partial charge in [-0.2, -0.15) is 0 Å². The van der Waals surface area contributed by atoms with Crippen LogP contribution >= 0.6 is 0 Å². The molecule has 17 heavy (non-hydrogen) atoms. The lowest BCUT2D eigenvalue weighted by Gasteiger charge is -2.24. The Morgan fingerprint density at radius 3 is 2.47 bits per heavy atom. The van der Waals surface area contributed by atoms with Crippen LogP contribution in [0.5, 0.6) is 0 Å². The second-order valence-corrected chi connectivity index (χ2v) is 5.15. The van der Waals surface area contributed by atoms with E-state index in [2.05, 4.69) is 58.1 Å². The van der Waals surface area contributed by atoms with E-state index in [1.54, 1.807) is 0 Å². The Morgan fingerprint density at radius 2 is 1.88 bits per heavy atom. The number of aryl methyl sites for hydroxylation is 1. The zero-order valence-corrected chi connectivity index (χ0v) is 12.0. The van der Waals surface area contributed by atoms with Gasteiger partial charge in [0.05, 0.1) is 0 Å². The molecule has 0 bridgehead atoms. The van der Waals surface area contributed by atoms with E-state index < -0.39 is 0 Å². The summed E-state index contributed by atoms with van der Waals surface area (Å²) in [5, 5.41) is 3.63. The first kappa shape index (κ1) is 14.2. The van der Waals surface area contributed by atoms with Crippen molar-refractivity contribution in [1.82, 2.24) is 5.32 Å². The van der Waals surface area contributed by atoms with Crippen molar-refractivity contribution in [1.29, 1.82) is 0 Å². The molecule has 1 aromatic rings. The zero-order valence-electron chi connectivity index (χ0n) is 12.0. The van der Waals surface area contributed by atoms with Crippen molar-refractivity contribution in [2.75, 3.05) is 6.54 Å². The molecule has 0 radical (unpaired) electrons. The molecule has 96 valence electrons. The normalized spacial score (nSPS) is 14.6. The Bertz CT molecular complexity index is 343. The molecule has 1 rings (SSSR count). The topological polar surface area (TPSA) is 12.0 Å². The predicted molar refractivity (Wildman–Crippen MR) is 76.4 cm³/mol. The highest BCUT2D eigenvalue weighted by Crippen LogP contribution is 2.26. The molecule has 2 unspecified atom stereocenters. The summed E-state index contributed by atoms with van der Waals surface area (Å²) in [4.78, 5) is 0. The molecule has 0 heterocycles. The molecule has 1 nitrogen and oxygen atoms in total. The fourth-order valence-electron chi connectivity index (χ4n) is 2.29. The van der Waals surface area contributed by atoms with Gasteiger partial charge in [-0.25, -0.2) is 0 Å². The number of rotatable bonds is 6. The molecule has 1 aromatic carbocycles. The van der Waals surface area contributed by atoms with Crippen LogP contribution in [-0.2, 0) is 0 Å². The van der Waals surface area contributed by atoms with E-state index in [0.29, 0.717) is 6.04 Å². The van der Waals surface area contributed by atoms with Crippen molar-refractivity contribution in [3.63, 3.8) is 0 Å². The maximum Gasteiger partial charge on any atom is 0.0325 e. The Kier molecular flexibility index (Phi) is 5.70. The summed E-state index contributed by atoms with van der Waals surface area (Å²) < 4.78 is 0. The quantitative estimate of drug-likeness (QED) is 0.768. The van der Waals surface area contributed by atoms with Gasteiger partial charge in [0, 0.05) is 6.04 Å². The summed E-state index contributed by atoms with van der Waals surface area (Å²) in [6, 6.07) is 7.16. The van der Waals surface area contributed by atoms with Gasteiger partial charge in [-0.3, -0.25) is 0 Å². The molecular formula is C16H27N. The first-order valence-corrected chi connectivity index (χ1v) is 6.89. The summed E-state index contributed by atoms with van der Waals surface area (Å²) in [5.41, 5.74) is 4.32. The van der Waals surface area contributed by atoms with Gasteiger partial charge < -0.3 is 5.32 Å². The summed E-state index contributed by atoms with van der Waals surface area (Å²) in [6.45, 7) is 12.3. The smallest absolute Gasteiger partial charge is 0.0325 e. The molecule has 0 aliphatic carbocycles. The lowest BCUT2D eigenvalue weighted by molar-refractivity contribution is 0.407. The van der Waals surface area contributed by atoms with E-state index in [1.165, 1.54) is 29.5 Å². The molecule has 0 aliphatic heterocycles. The second-order valence-electron chi connectivity index (χ2n) is 5.15. The van der Waals surface area contributed by atoms with Gasteiger partial charge in [0.1, 0.15) is 0 Å². The van der Waals surface area contributed by atoms with Crippen LogP contribution in [0.15, 0.2) is 18.2 Å². The molecule has 1 heteroatoms. The Hall–Kier alpha value is -0.820. The molecule has 1 N–H and O–H groups in total. The number of hydrogen-bond donors (Lipinski definition) is 1.